The summed E-state index contributed by atoms with van der Waals surface area (Å²) >= 11 is 0. The molecule has 0 spiro atoms. The van der Waals surface area contributed by atoms with Gasteiger partial charge in [-0.1, -0.05) is 19.8 Å². The first-order valence-electron chi connectivity index (χ1n) is 6.91. The molecule has 5 nitrogen and oxygen atoms in total. The molecular formula is C14H22N4O. The molecule has 1 fully saturated rings. The average Bonchev–Trinajstić information content (AvgIpc) is 2.43. The topological polar surface area (TPSA) is 80.0 Å². The summed E-state index contributed by atoms with van der Waals surface area (Å²) in [4.78, 5) is 15.5. The van der Waals surface area contributed by atoms with Gasteiger partial charge in [-0.15, -0.1) is 0 Å². The van der Waals surface area contributed by atoms with Gasteiger partial charge in [-0.05, 0) is 30.9 Å². The van der Waals surface area contributed by atoms with Crippen LogP contribution >= 0.6 is 0 Å². The van der Waals surface area contributed by atoms with E-state index in [2.05, 4.69) is 22.5 Å². The Kier molecular flexibility index (Phi) is 4.74. The van der Waals surface area contributed by atoms with Gasteiger partial charge in [-0.3, -0.25) is 4.79 Å². The summed E-state index contributed by atoms with van der Waals surface area (Å²) in [7, 11) is 0. The highest BCUT2D eigenvalue weighted by molar-refractivity contribution is 5.91. The molecule has 2 rings (SSSR count). The van der Waals surface area contributed by atoms with Gasteiger partial charge >= 0.3 is 0 Å². The van der Waals surface area contributed by atoms with Crippen LogP contribution in [0.1, 0.15) is 32.6 Å². The van der Waals surface area contributed by atoms with E-state index in [-0.39, 0.29) is 12.5 Å². The normalized spacial score (nSPS) is 22.8. The number of carbonyl (C=O) groups is 1. The summed E-state index contributed by atoms with van der Waals surface area (Å²) < 4.78 is 0. The molecule has 1 aliphatic carbocycles. The van der Waals surface area contributed by atoms with Crippen molar-refractivity contribution in [3.8, 4) is 0 Å². The predicted molar refractivity (Wildman–Crippen MR) is 77.0 cm³/mol. The first-order valence-corrected chi connectivity index (χ1v) is 6.91. The van der Waals surface area contributed by atoms with Gasteiger partial charge in [0.15, 0.2) is 0 Å². The third-order valence-electron chi connectivity index (χ3n) is 3.68. The number of amides is 1. The Balaban J connectivity index is 1.92. The maximum atomic E-state index is 11.1. The smallest absolute Gasteiger partial charge is 0.238 e. The number of pyridine rings is 1. The molecule has 1 amide bonds. The Morgan fingerprint density at radius 1 is 1.42 bits per heavy atom. The lowest BCUT2D eigenvalue weighted by atomic mass is 9.86. The standard InChI is InChI=1S/C14H22N4O/c1-10-4-2-3-5-12(10)18-13-7-6-11(9-16-13)17-14(19)8-15/h6-7,9-10,12H,2-5,8,15H2,1H3,(H,16,18)(H,17,19). The van der Waals surface area contributed by atoms with Crippen LogP contribution in [0, 0.1) is 5.92 Å². The van der Waals surface area contributed by atoms with Crippen LogP contribution in [0.25, 0.3) is 0 Å². The van der Waals surface area contributed by atoms with Gasteiger partial charge in [-0.2, -0.15) is 0 Å². The lowest BCUT2D eigenvalue weighted by Gasteiger charge is -2.29. The molecule has 19 heavy (non-hydrogen) atoms. The van der Waals surface area contributed by atoms with E-state index in [9.17, 15) is 4.79 Å². The van der Waals surface area contributed by atoms with Crippen LogP contribution in [0.15, 0.2) is 18.3 Å². The molecule has 4 N–H and O–H groups in total. The molecule has 0 aromatic carbocycles. The molecule has 1 aromatic rings. The number of rotatable bonds is 4. The molecule has 1 saturated carbocycles. The van der Waals surface area contributed by atoms with Gasteiger partial charge in [0.05, 0.1) is 18.4 Å². The van der Waals surface area contributed by atoms with Crippen LogP contribution in [-0.4, -0.2) is 23.5 Å². The maximum Gasteiger partial charge on any atom is 0.238 e. The highest BCUT2D eigenvalue weighted by Crippen LogP contribution is 2.26. The number of nitrogens with two attached hydrogens (primary N) is 1. The monoisotopic (exact) mass is 262 g/mol. The van der Waals surface area contributed by atoms with E-state index in [0.29, 0.717) is 17.6 Å². The summed E-state index contributed by atoms with van der Waals surface area (Å²) in [6, 6.07) is 4.25. The van der Waals surface area contributed by atoms with Gasteiger partial charge in [-0.25, -0.2) is 4.98 Å². The fourth-order valence-electron chi connectivity index (χ4n) is 2.49. The number of aromatic nitrogens is 1. The molecule has 2 atom stereocenters. The average molecular weight is 262 g/mol. The SMILES string of the molecule is CC1CCCCC1Nc1ccc(NC(=O)CN)cn1. The van der Waals surface area contributed by atoms with Crippen molar-refractivity contribution >= 4 is 17.4 Å². The largest absolute Gasteiger partial charge is 0.367 e. The Bertz CT molecular complexity index is 418. The van der Waals surface area contributed by atoms with Crippen molar-refractivity contribution in [1.29, 1.82) is 0 Å². The van der Waals surface area contributed by atoms with Crippen LogP contribution in [0.3, 0.4) is 0 Å². The number of nitrogens with zero attached hydrogens (tertiary/aromatic N) is 1. The molecule has 0 saturated heterocycles. The number of hydrogen-bond donors (Lipinski definition) is 3. The summed E-state index contributed by atoms with van der Waals surface area (Å²) in [5, 5.41) is 6.15. The fraction of sp³-hybridized carbons (Fsp3) is 0.571. The molecular weight excluding hydrogens is 240 g/mol. The lowest BCUT2D eigenvalue weighted by Crippen LogP contribution is -2.30. The van der Waals surface area contributed by atoms with E-state index in [1.165, 1.54) is 25.7 Å². The lowest BCUT2D eigenvalue weighted by molar-refractivity contribution is -0.114. The van der Waals surface area contributed by atoms with Gasteiger partial charge in [0, 0.05) is 6.04 Å². The minimum atomic E-state index is -0.205. The van der Waals surface area contributed by atoms with E-state index >= 15 is 0 Å². The van der Waals surface area contributed by atoms with Crippen LogP contribution in [0.2, 0.25) is 0 Å². The first kappa shape index (κ1) is 13.8. The third kappa shape index (κ3) is 3.92. The maximum absolute atomic E-state index is 11.1. The zero-order valence-electron chi connectivity index (χ0n) is 11.4. The minimum Gasteiger partial charge on any atom is -0.367 e. The summed E-state index contributed by atoms with van der Waals surface area (Å²) in [6.07, 6.45) is 6.75. The van der Waals surface area contributed by atoms with Crippen molar-refractivity contribution in [3.05, 3.63) is 18.3 Å². The highest BCUT2D eigenvalue weighted by Gasteiger charge is 2.21. The molecule has 5 heteroatoms. The van der Waals surface area contributed by atoms with Crippen molar-refractivity contribution in [2.24, 2.45) is 11.7 Å². The molecule has 0 aliphatic heterocycles. The first-order chi connectivity index (χ1) is 9.19. The molecule has 104 valence electrons. The van der Waals surface area contributed by atoms with E-state index < -0.39 is 0 Å². The van der Waals surface area contributed by atoms with Crippen molar-refractivity contribution in [3.63, 3.8) is 0 Å². The molecule has 0 bridgehead atoms. The molecule has 0 radical (unpaired) electrons. The molecule has 1 aromatic heterocycles. The van der Waals surface area contributed by atoms with Crippen molar-refractivity contribution in [2.45, 2.75) is 38.6 Å². The van der Waals surface area contributed by atoms with Crippen LogP contribution in [0.5, 0.6) is 0 Å². The number of anilines is 2. The Hall–Kier alpha value is -1.62. The van der Waals surface area contributed by atoms with Gasteiger partial charge in [0.1, 0.15) is 5.82 Å². The summed E-state index contributed by atoms with van der Waals surface area (Å²) in [5.74, 6) is 1.35. The van der Waals surface area contributed by atoms with E-state index in [1.807, 2.05) is 12.1 Å². The number of hydrogen-bond acceptors (Lipinski definition) is 4. The summed E-state index contributed by atoms with van der Waals surface area (Å²) in [6.45, 7) is 2.27. The zero-order chi connectivity index (χ0) is 13.7. The van der Waals surface area contributed by atoms with Gasteiger partial charge < -0.3 is 16.4 Å². The predicted octanol–water partition coefficient (Wildman–Crippen LogP) is 1.97. The van der Waals surface area contributed by atoms with Gasteiger partial charge in [0.2, 0.25) is 5.91 Å². The highest BCUT2D eigenvalue weighted by atomic mass is 16.1. The molecule has 2 unspecified atom stereocenters. The number of carbonyl (C=O) groups excluding carboxylic acids is 1. The minimum absolute atomic E-state index is 0.0143. The second-order valence-corrected chi connectivity index (χ2v) is 5.20. The van der Waals surface area contributed by atoms with Crippen molar-refractivity contribution < 1.29 is 4.79 Å². The fourth-order valence-corrected chi connectivity index (χ4v) is 2.49. The summed E-state index contributed by atoms with van der Waals surface area (Å²) in [5.41, 5.74) is 5.92. The second kappa shape index (κ2) is 6.52. The zero-order valence-corrected chi connectivity index (χ0v) is 11.4. The Morgan fingerprint density at radius 3 is 2.84 bits per heavy atom. The van der Waals surface area contributed by atoms with Crippen LogP contribution in [0.4, 0.5) is 11.5 Å². The Labute approximate surface area is 114 Å². The number of nitrogens with one attached hydrogen (secondary N) is 2. The van der Waals surface area contributed by atoms with E-state index in [0.717, 1.165) is 5.82 Å². The van der Waals surface area contributed by atoms with Crippen molar-refractivity contribution in [2.75, 3.05) is 17.2 Å². The van der Waals surface area contributed by atoms with Crippen LogP contribution in [-0.2, 0) is 4.79 Å². The quantitative estimate of drug-likeness (QED) is 0.775. The van der Waals surface area contributed by atoms with E-state index in [4.69, 9.17) is 5.73 Å². The van der Waals surface area contributed by atoms with Crippen LogP contribution < -0.4 is 16.4 Å². The molecule has 1 heterocycles. The second-order valence-electron chi connectivity index (χ2n) is 5.20. The molecule has 1 aliphatic rings. The third-order valence-corrected chi connectivity index (χ3v) is 3.68. The van der Waals surface area contributed by atoms with E-state index in [1.54, 1.807) is 6.20 Å². The Morgan fingerprint density at radius 2 is 2.21 bits per heavy atom. The van der Waals surface area contributed by atoms with Gasteiger partial charge in [0.25, 0.3) is 0 Å². The van der Waals surface area contributed by atoms with Crippen molar-refractivity contribution in [1.82, 2.24) is 4.98 Å².